The molecule has 1 aromatic heterocycles. The van der Waals surface area contributed by atoms with Crippen molar-refractivity contribution in [3.8, 4) is 5.69 Å². The van der Waals surface area contributed by atoms with Crippen LogP contribution in [0.5, 0.6) is 0 Å². The van der Waals surface area contributed by atoms with Gasteiger partial charge in [0.15, 0.2) is 0 Å². The van der Waals surface area contributed by atoms with Crippen LogP contribution in [0.25, 0.3) is 5.69 Å². The quantitative estimate of drug-likeness (QED) is 0.833. The lowest BCUT2D eigenvalue weighted by Crippen LogP contribution is -2.11. The number of nitrogens with two attached hydrogens (primary N) is 2. The molecule has 2 aromatic rings. The van der Waals surface area contributed by atoms with Crippen molar-refractivity contribution in [2.24, 2.45) is 5.73 Å². The van der Waals surface area contributed by atoms with Crippen LogP contribution in [-0.4, -0.2) is 10.5 Å². The summed E-state index contributed by atoms with van der Waals surface area (Å²) in [7, 11) is 0. The Morgan fingerprint density at radius 3 is 2.31 bits per heavy atom. The minimum atomic E-state index is -0.537. The summed E-state index contributed by atoms with van der Waals surface area (Å²) in [6, 6.07) is 7.17. The van der Waals surface area contributed by atoms with Crippen molar-refractivity contribution >= 4 is 23.2 Å². The summed E-state index contributed by atoms with van der Waals surface area (Å²) >= 11 is 5.78. The number of aromatic nitrogens is 1. The molecule has 1 amide bonds. The molecule has 0 aliphatic carbocycles. The Morgan fingerprint density at radius 1 is 1.19 bits per heavy atom. The summed E-state index contributed by atoms with van der Waals surface area (Å²) in [5, 5.41) is 0.652. The summed E-state index contributed by atoms with van der Waals surface area (Å²) in [5.41, 5.74) is 12.4. The zero-order valence-electron chi connectivity index (χ0n) is 8.35. The van der Waals surface area contributed by atoms with E-state index < -0.39 is 5.91 Å². The van der Waals surface area contributed by atoms with Gasteiger partial charge in [-0.3, -0.25) is 4.79 Å². The van der Waals surface area contributed by atoms with Gasteiger partial charge in [-0.05, 0) is 24.3 Å². The van der Waals surface area contributed by atoms with E-state index in [-0.39, 0.29) is 0 Å². The SMILES string of the molecule is NC(=O)c1cn(-c2ccc(Cl)cc2)cc1N. The van der Waals surface area contributed by atoms with Gasteiger partial charge in [0, 0.05) is 23.1 Å². The van der Waals surface area contributed by atoms with Crippen LogP contribution in [0.2, 0.25) is 5.02 Å². The molecule has 0 saturated heterocycles. The fourth-order valence-electron chi connectivity index (χ4n) is 1.44. The smallest absolute Gasteiger partial charge is 0.252 e. The van der Waals surface area contributed by atoms with E-state index in [1.807, 2.05) is 12.1 Å². The van der Waals surface area contributed by atoms with E-state index in [1.54, 1.807) is 29.1 Å². The van der Waals surface area contributed by atoms with E-state index in [1.165, 1.54) is 0 Å². The Morgan fingerprint density at radius 2 is 1.81 bits per heavy atom. The number of primary amides is 1. The third-order valence-corrected chi connectivity index (χ3v) is 2.50. The summed E-state index contributed by atoms with van der Waals surface area (Å²) in [4.78, 5) is 11.0. The van der Waals surface area contributed by atoms with Gasteiger partial charge in [0.1, 0.15) is 0 Å². The lowest BCUT2D eigenvalue weighted by molar-refractivity contribution is 0.100. The summed E-state index contributed by atoms with van der Waals surface area (Å²) < 4.78 is 1.73. The van der Waals surface area contributed by atoms with Crippen molar-refractivity contribution in [1.29, 1.82) is 0 Å². The molecule has 0 radical (unpaired) electrons. The average molecular weight is 236 g/mol. The predicted octanol–water partition coefficient (Wildman–Crippen LogP) is 1.81. The van der Waals surface area contributed by atoms with Crippen molar-refractivity contribution in [1.82, 2.24) is 4.57 Å². The maximum Gasteiger partial charge on any atom is 0.252 e. The summed E-state index contributed by atoms with van der Waals surface area (Å²) in [6.45, 7) is 0. The van der Waals surface area contributed by atoms with Crippen LogP contribution in [0, 0.1) is 0 Å². The first kappa shape index (κ1) is 10.6. The molecule has 5 heteroatoms. The van der Waals surface area contributed by atoms with E-state index in [0.29, 0.717) is 16.3 Å². The number of carbonyl (C=O) groups excluding carboxylic acids is 1. The van der Waals surface area contributed by atoms with Crippen molar-refractivity contribution < 1.29 is 4.79 Å². The van der Waals surface area contributed by atoms with Crippen LogP contribution in [0.15, 0.2) is 36.7 Å². The van der Waals surface area contributed by atoms with Crippen molar-refractivity contribution in [3.63, 3.8) is 0 Å². The first-order valence-corrected chi connectivity index (χ1v) is 4.99. The molecule has 16 heavy (non-hydrogen) atoms. The number of amides is 1. The number of halogens is 1. The summed E-state index contributed by atoms with van der Waals surface area (Å²) in [6.07, 6.45) is 3.24. The maximum atomic E-state index is 11.0. The fourth-order valence-corrected chi connectivity index (χ4v) is 1.56. The number of anilines is 1. The van der Waals surface area contributed by atoms with E-state index in [2.05, 4.69) is 0 Å². The van der Waals surface area contributed by atoms with E-state index in [4.69, 9.17) is 23.1 Å². The molecular weight excluding hydrogens is 226 g/mol. The number of nitrogen functional groups attached to an aromatic ring is 1. The van der Waals surface area contributed by atoms with E-state index in [9.17, 15) is 4.79 Å². The summed E-state index contributed by atoms with van der Waals surface area (Å²) in [5.74, 6) is -0.537. The number of hydrogen-bond acceptors (Lipinski definition) is 2. The topological polar surface area (TPSA) is 74.0 Å². The largest absolute Gasteiger partial charge is 0.397 e. The third-order valence-electron chi connectivity index (χ3n) is 2.25. The molecule has 0 spiro atoms. The fraction of sp³-hybridized carbons (Fsp3) is 0. The monoisotopic (exact) mass is 235 g/mol. The Bertz CT molecular complexity index is 531. The normalized spacial score (nSPS) is 10.3. The third kappa shape index (κ3) is 1.87. The zero-order chi connectivity index (χ0) is 11.7. The van der Waals surface area contributed by atoms with E-state index in [0.717, 1.165) is 5.69 Å². The highest BCUT2D eigenvalue weighted by Gasteiger charge is 2.09. The van der Waals surface area contributed by atoms with Gasteiger partial charge in [-0.25, -0.2) is 0 Å². The highest BCUT2D eigenvalue weighted by Crippen LogP contribution is 2.18. The molecule has 0 aliphatic heterocycles. The highest BCUT2D eigenvalue weighted by molar-refractivity contribution is 6.30. The van der Waals surface area contributed by atoms with Crippen LogP contribution in [0.3, 0.4) is 0 Å². The van der Waals surface area contributed by atoms with E-state index >= 15 is 0 Å². The maximum absolute atomic E-state index is 11.0. The van der Waals surface area contributed by atoms with Crippen LogP contribution in [-0.2, 0) is 0 Å². The molecule has 0 aliphatic rings. The van der Waals surface area contributed by atoms with Gasteiger partial charge < -0.3 is 16.0 Å². The minimum absolute atomic E-state index is 0.315. The molecule has 4 nitrogen and oxygen atoms in total. The lowest BCUT2D eigenvalue weighted by Gasteiger charge is -2.01. The predicted molar refractivity (Wildman–Crippen MR) is 63.7 cm³/mol. The molecule has 0 fully saturated rings. The number of benzene rings is 1. The Kier molecular flexibility index (Phi) is 2.58. The first-order chi connectivity index (χ1) is 7.58. The Hall–Kier alpha value is -1.94. The second kappa shape index (κ2) is 3.90. The molecule has 1 heterocycles. The molecular formula is C11H10ClN3O. The van der Waals surface area contributed by atoms with Gasteiger partial charge in [-0.1, -0.05) is 11.6 Å². The molecule has 2 rings (SSSR count). The lowest BCUT2D eigenvalue weighted by atomic mass is 10.3. The van der Waals surface area contributed by atoms with Crippen molar-refractivity contribution in [2.75, 3.05) is 5.73 Å². The number of carbonyl (C=O) groups is 1. The van der Waals surface area contributed by atoms with Gasteiger partial charge in [-0.15, -0.1) is 0 Å². The van der Waals surface area contributed by atoms with Crippen LogP contribution >= 0.6 is 11.6 Å². The van der Waals surface area contributed by atoms with Crippen molar-refractivity contribution in [3.05, 3.63) is 47.2 Å². The molecule has 0 saturated carbocycles. The average Bonchev–Trinajstić information content (AvgIpc) is 2.61. The Labute approximate surface area is 97.4 Å². The molecule has 1 aromatic carbocycles. The zero-order valence-corrected chi connectivity index (χ0v) is 9.11. The standard InChI is InChI=1S/C11H10ClN3O/c12-7-1-3-8(4-2-7)15-5-9(11(14)16)10(13)6-15/h1-6H,13H2,(H2,14,16). The molecule has 4 N–H and O–H groups in total. The second-order valence-corrected chi connectivity index (χ2v) is 3.81. The molecule has 0 unspecified atom stereocenters. The van der Waals surface area contributed by atoms with Crippen LogP contribution in [0.4, 0.5) is 5.69 Å². The van der Waals surface area contributed by atoms with Crippen LogP contribution in [0.1, 0.15) is 10.4 Å². The first-order valence-electron chi connectivity index (χ1n) is 4.61. The van der Waals surface area contributed by atoms with Gasteiger partial charge >= 0.3 is 0 Å². The molecule has 0 atom stereocenters. The van der Waals surface area contributed by atoms with Crippen molar-refractivity contribution in [2.45, 2.75) is 0 Å². The number of rotatable bonds is 2. The van der Waals surface area contributed by atoms with Crippen LogP contribution < -0.4 is 11.5 Å². The minimum Gasteiger partial charge on any atom is -0.397 e. The van der Waals surface area contributed by atoms with Gasteiger partial charge in [0.25, 0.3) is 5.91 Å². The number of hydrogen-bond donors (Lipinski definition) is 2. The van der Waals surface area contributed by atoms with Gasteiger partial charge in [0.2, 0.25) is 0 Å². The highest BCUT2D eigenvalue weighted by atomic mass is 35.5. The number of nitrogens with zero attached hydrogens (tertiary/aromatic N) is 1. The van der Waals surface area contributed by atoms with Gasteiger partial charge in [0.05, 0.1) is 11.3 Å². The Balaban J connectivity index is 2.45. The second-order valence-electron chi connectivity index (χ2n) is 3.38. The molecule has 0 bridgehead atoms. The van der Waals surface area contributed by atoms with Gasteiger partial charge in [-0.2, -0.15) is 0 Å². The molecule has 82 valence electrons.